The fourth-order valence-corrected chi connectivity index (χ4v) is 11.0. The number of aryl methyl sites for hydroxylation is 2. The van der Waals surface area contributed by atoms with Crippen molar-refractivity contribution in [1.82, 2.24) is 0 Å². The molecular weight excluding hydrogens is 829 g/mol. The molecule has 10 aromatic carbocycles. The van der Waals surface area contributed by atoms with Crippen molar-refractivity contribution in [3.8, 4) is 0 Å². The van der Waals surface area contributed by atoms with Crippen molar-refractivity contribution >= 4 is 110 Å². The van der Waals surface area contributed by atoms with E-state index in [1.807, 2.05) is 0 Å². The minimum atomic E-state index is 0.419. The third-order valence-electron chi connectivity index (χ3n) is 14.4. The number of rotatable bonds is 12. The third kappa shape index (κ3) is 6.64. The van der Waals surface area contributed by atoms with Crippen LogP contribution in [0.2, 0.25) is 0 Å². The van der Waals surface area contributed by atoms with E-state index in [1.165, 1.54) is 54.6 Å². The van der Waals surface area contributed by atoms with Gasteiger partial charge in [-0.15, -0.1) is 0 Å². The number of anilines is 6. The molecule has 0 unspecified atom stereocenters. The minimum Gasteiger partial charge on any atom is -0.454 e. The first-order valence-corrected chi connectivity index (χ1v) is 24.7. The predicted octanol–water partition coefficient (Wildman–Crippen LogP) is 19.5. The van der Waals surface area contributed by atoms with Crippen LogP contribution < -0.4 is 9.80 Å². The highest BCUT2D eigenvalue weighted by molar-refractivity contribution is 6.28. The molecule has 0 N–H and O–H groups in total. The molecule has 0 bridgehead atoms. The third-order valence-corrected chi connectivity index (χ3v) is 14.4. The summed E-state index contributed by atoms with van der Waals surface area (Å²) in [5.74, 6) is 0.837. The van der Waals surface area contributed by atoms with Crippen LogP contribution in [0, 0.1) is 0 Å². The number of furan rings is 2. The maximum Gasteiger partial charge on any atom is 0.159 e. The summed E-state index contributed by atoms with van der Waals surface area (Å²) in [4.78, 5) is 4.86. The molecule has 0 aliphatic rings. The molecule has 0 amide bonds. The van der Waals surface area contributed by atoms with Crippen molar-refractivity contribution < 1.29 is 8.83 Å². The summed E-state index contributed by atoms with van der Waals surface area (Å²) in [5.41, 5.74) is 15.3. The summed E-state index contributed by atoms with van der Waals surface area (Å²) in [5, 5.41) is 11.8. The fourth-order valence-electron chi connectivity index (χ4n) is 11.0. The molecule has 2 aromatic heterocycles. The quantitative estimate of drug-likeness (QED) is 0.114. The van der Waals surface area contributed by atoms with Crippen molar-refractivity contribution in [2.24, 2.45) is 0 Å². The van der Waals surface area contributed by atoms with Crippen molar-refractivity contribution in [3.05, 3.63) is 192 Å². The second-order valence-corrected chi connectivity index (χ2v) is 19.4. The number of hydrogen-bond donors (Lipinski definition) is 0. The average Bonchev–Trinajstić information content (AvgIpc) is 3.95. The van der Waals surface area contributed by atoms with Gasteiger partial charge in [0.25, 0.3) is 0 Å². The molecule has 0 spiro atoms. The van der Waals surface area contributed by atoms with Gasteiger partial charge in [0.1, 0.15) is 11.2 Å². The first kappa shape index (κ1) is 41.8. The Kier molecular flexibility index (Phi) is 10.2. The van der Waals surface area contributed by atoms with Crippen molar-refractivity contribution in [1.29, 1.82) is 0 Å². The lowest BCUT2D eigenvalue weighted by Crippen LogP contribution is -2.12. The Balaban J connectivity index is 1.11. The first-order chi connectivity index (χ1) is 33.3. The molecule has 0 radical (unpaired) electrons. The fraction of sp³-hybridized carbons (Fsp3) is 0.188. The molecule has 12 rings (SSSR count). The van der Waals surface area contributed by atoms with E-state index < -0.39 is 0 Å². The number of nitrogens with zero attached hydrogens (tertiary/aromatic N) is 2. The summed E-state index contributed by atoms with van der Waals surface area (Å²) in [7, 11) is 0. The van der Waals surface area contributed by atoms with E-state index >= 15 is 0 Å². The van der Waals surface area contributed by atoms with Gasteiger partial charge >= 0.3 is 0 Å². The van der Waals surface area contributed by atoms with Crippen LogP contribution in [0.1, 0.15) is 88.5 Å². The standard InChI is InChI=1S/C64H56N2O2/c1-7-13-45-15-9-17-49-51-19-11-21-57(63(51)67-61(45)49)65(47-31-23-41(24-32-47)39(3)4)55-37-29-43-28-36-54-56(38-30-44-27-35-53(55)59(43)60(44)54)66(48-33-25-42(26-34-48)40(5)6)58-22-12-20-52-50-18-10-16-46(14-8-2)62(50)68-64(52)58/h9-12,15-40H,7-8,13-14H2,1-6H3. The second-order valence-electron chi connectivity index (χ2n) is 19.4. The Morgan fingerprint density at radius 2 is 0.721 bits per heavy atom. The van der Waals surface area contributed by atoms with E-state index in [1.54, 1.807) is 0 Å². The van der Waals surface area contributed by atoms with E-state index in [-0.39, 0.29) is 0 Å². The lowest BCUT2D eigenvalue weighted by molar-refractivity contribution is 0.661. The number of benzene rings is 10. The van der Waals surface area contributed by atoms with Crippen LogP contribution in [0.5, 0.6) is 0 Å². The van der Waals surface area contributed by atoms with E-state index in [0.717, 1.165) is 104 Å². The first-order valence-electron chi connectivity index (χ1n) is 24.7. The predicted molar refractivity (Wildman–Crippen MR) is 290 cm³/mol. The Hall–Kier alpha value is -7.56. The van der Waals surface area contributed by atoms with Gasteiger partial charge < -0.3 is 18.6 Å². The monoisotopic (exact) mass is 884 g/mol. The molecule has 0 saturated carbocycles. The van der Waals surface area contributed by atoms with Crippen LogP contribution in [0.15, 0.2) is 179 Å². The number of hydrogen-bond acceptors (Lipinski definition) is 4. The van der Waals surface area contributed by atoms with E-state index in [4.69, 9.17) is 8.83 Å². The average molecular weight is 885 g/mol. The van der Waals surface area contributed by atoms with Gasteiger partial charge in [-0.05, 0) is 117 Å². The van der Waals surface area contributed by atoms with Crippen LogP contribution in [-0.2, 0) is 12.8 Å². The lowest BCUT2D eigenvalue weighted by Gasteiger charge is -2.29. The summed E-state index contributed by atoms with van der Waals surface area (Å²) >= 11 is 0. The van der Waals surface area contributed by atoms with Crippen LogP contribution in [0.4, 0.5) is 34.1 Å². The zero-order chi connectivity index (χ0) is 46.2. The highest BCUT2D eigenvalue weighted by Gasteiger charge is 2.26. The van der Waals surface area contributed by atoms with Gasteiger partial charge in [0, 0.05) is 43.7 Å². The number of para-hydroxylation sites is 4. The van der Waals surface area contributed by atoms with Crippen LogP contribution in [-0.4, -0.2) is 0 Å². The Morgan fingerprint density at radius 3 is 1.10 bits per heavy atom. The van der Waals surface area contributed by atoms with Crippen LogP contribution in [0.25, 0.3) is 76.2 Å². The molecule has 2 heterocycles. The molecule has 0 fully saturated rings. The molecule has 12 aromatic rings. The maximum atomic E-state index is 7.04. The minimum absolute atomic E-state index is 0.419. The van der Waals surface area contributed by atoms with E-state index in [2.05, 4.69) is 221 Å². The van der Waals surface area contributed by atoms with Gasteiger partial charge in [-0.3, -0.25) is 0 Å². The Bertz CT molecular complexity index is 3580. The zero-order valence-electron chi connectivity index (χ0n) is 39.9. The van der Waals surface area contributed by atoms with Gasteiger partial charge in [-0.1, -0.05) is 176 Å². The summed E-state index contributed by atoms with van der Waals surface area (Å²) in [6, 6.07) is 63.2. The molecule has 0 atom stereocenters. The maximum absolute atomic E-state index is 7.04. The van der Waals surface area contributed by atoms with Gasteiger partial charge in [0.2, 0.25) is 0 Å². The van der Waals surface area contributed by atoms with Gasteiger partial charge in [-0.25, -0.2) is 0 Å². The second kappa shape index (κ2) is 16.6. The van der Waals surface area contributed by atoms with Crippen molar-refractivity contribution in [2.45, 2.75) is 79.1 Å². The molecule has 0 aliphatic carbocycles. The molecule has 0 aliphatic heterocycles. The molecule has 68 heavy (non-hydrogen) atoms. The molecule has 4 heteroatoms. The van der Waals surface area contributed by atoms with Gasteiger partial charge in [-0.2, -0.15) is 0 Å². The van der Waals surface area contributed by atoms with E-state index in [0.29, 0.717) is 11.8 Å². The summed E-state index contributed by atoms with van der Waals surface area (Å²) < 4.78 is 14.1. The topological polar surface area (TPSA) is 32.8 Å². The normalized spacial score (nSPS) is 12.2. The van der Waals surface area contributed by atoms with Crippen LogP contribution in [0.3, 0.4) is 0 Å². The molecule has 334 valence electrons. The lowest BCUT2D eigenvalue weighted by atomic mass is 9.91. The number of fused-ring (bicyclic) bond motifs is 6. The Labute approximate surface area is 398 Å². The van der Waals surface area contributed by atoms with Crippen LogP contribution >= 0.6 is 0 Å². The van der Waals surface area contributed by atoms with Gasteiger partial charge in [0.15, 0.2) is 11.2 Å². The largest absolute Gasteiger partial charge is 0.454 e. The highest BCUT2D eigenvalue weighted by Crippen LogP contribution is 2.51. The zero-order valence-corrected chi connectivity index (χ0v) is 39.9. The van der Waals surface area contributed by atoms with Crippen molar-refractivity contribution in [2.75, 3.05) is 9.80 Å². The highest BCUT2D eigenvalue weighted by atomic mass is 16.3. The molecular formula is C64H56N2O2. The van der Waals surface area contributed by atoms with Gasteiger partial charge in [0.05, 0.1) is 22.7 Å². The SMILES string of the molecule is CCCc1cccc2c1oc1c(N(c3ccc(C(C)C)cc3)c3ccc4ccc5c(N(c6ccc(C(C)C)cc6)c6cccc7c6oc6c(CCC)cccc67)ccc6ccc3c4c65)cccc12. The summed E-state index contributed by atoms with van der Waals surface area (Å²) in [6.45, 7) is 13.5. The Morgan fingerprint density at radius 1 is 0.353 bits per heavy atom. The smallest absolute Gasteiger partial charge is 0.159 e. The van der Waals surface area contributed by atoms with E-state index in [9.17, 15) is 0 Å². The van der Waals surface area contributed by atoms with Crippen molar-refractivity contribution in [3.63, 3.8) is 0 Å². The molecule has 0 saturated heterocycles. The summed E-state index contributed by atoms with van der Waals surface area (Å²) in [6.07, 6.45) is 4.05. The molecule has 4 nitrogen and oxygen atoms in total.